The molecule has 4 rings (SSSR count). The second-order valence-corrected chi connectivity index (χ2v) is 6.97. The monoisotopic (exact) mass is 363 g/mol. The molecular formula is C19H17N5OS. The number of nitrogens with one attached hydrogen (secondary N) is 1. The third-order valence-electron chi connectivity index (χ3n) is 4.29. The summed E-state index contributed by atoms with van der Waals surface area (Å²) < 4.78 is 1.99. The van der Waals surface area contributed by atoms with Gasteiger partial charge < -0.3 is 15.6 Å². The summed E-state index contributed by atoms with van der Waals surface area (Å²) in [5, 5.41) is 6.03. The maximum absolute atomic E-state index is 11.4. The molecule has 4 aromatic rings. The fraction of sp³-hybridized carbons (Fsp3) is 0.105. The number of amides is 1. The van der Waals surface area contributed by atoms with E-state index in [9.17, 15) is 4.79 Å². The van der Waals surface area contributed by atoms with Gasteiger partial charge in [-0.1, -0.05) is 12.1 Å². The van der Waals surface area contributed by atoms with E-state index in [2.05, 4.69) is 15.3 Å². The van der Waals surface area contributed by atoms with Crippen molar-refractivity contribution in [2.75, 3.05) is 5.32 Å². The molecule has 2 aromatic carbocycles. The molecule has 0 saturated carbocycles. The maximum Gasteiger partial charge on any atom is 0.248 e. The molecule has 0 aliphatic rings. The zero-order valence-corrected chi connectivity index (χ0v) is 15.2. The van der Waals surface area contributed by atoms with Gasteiger partial charge in [0, 0.05) is 29.2 Å². The molecule has 0 unspecified atom stereocenters. The standard InChI is InChI=1S/C19H17N5OS/c1-11-3-4-13(18(20)25)8-14(11)22-19-23-16(9-26-19)12-5-6-17-15(7-12)21-10-24(17)2/h3-10H,1-2H3,(H2,20,25)(H,22,23). The van der Waals surface area contributed by atoms with Crippen molar-refractivity contribution in [2.24, 2.45) is 12.8 Å². The van der Waals surface area contributed by atoms with Crippen LogP contribution in [0.4, 0.5) is 10.8 Å². The zero-order valence-electron chi connectivity index (χ0n) is 14.4. The molecule has 0 saturated heterocycles. The van der Waals surface area contributed by atoms with Crippen molar-refractivity contribution in [2.45, 2.75) is 6.92 Å². The van der Waals surface area contributed by atoms with Gasteiger partial charge in [0.25, 0.3) is 0 Å². The minimum atomic E-state index is -0.448. The Hall–Kier alpha value is -3.19. The van der Waals surface area contributed by atoms with E-state index in [1.54, 1.807) is 18.5 Å². The number of imidazole rings is 1. The van der Waals surface area contributed by atoms with E-state index in [1.165, 1.54) is 11.3 Å². The predicted molar refractivity (Wildman–Crippen MR) is 105 cm³/mol. The molecule has 0 aliphatic heterocycles. The van der Waals surface area contributed by atoms with Gasteiger partial charge in [-0.25, -0.2) is 9.97 Å². The molecule has 3 N–H and O–H groups in total. The lowest BCUT2D eigenvalue weighted by Gasteiger charge is -2.08. The van der Waals surface area contributed by atoms with Crippen LogP contribution in [0.1, 0.15) is 15.9 Å². The lowest BCUT2D eigenvalue weighted by molar-refractivity contribution is 0.100. The Morgan fingerprint density at radius 3 is 2.88 bits per heavy atom. The Labute approximate surface area is 154 Å². The van der Waals surface area contributed by atoms with Gasteiger partial charge in [-0.05, 0) is 36.8 Å². The van der Waals surface area contributed by atoms with Crippen molar-refractivity contribution in [3.8, 4) is 11.3 Å². The van der Waals surface area contributed by atoms with Gasteiger partial charge in [0.05, 0.1) is 23.1 Å². The number of anilines is 2. The molecule has 1 amide bonds. The van der Waals surface area contributed by atoms with Gasteiger partial charge in [-0.15, -0.1) is 11.3 Å². The van der Waals surface area contributed by atoms with Gasteiger partial charge in [-0.3, -0.25) is 4.79 Å². The van der Waals surface area contributed by atoms with Crippen molar-refractivity contribution in [1.29, 1.82) is 0 Å². The number of rotatable bonds is 4. The molecule has 0 atom stereocenters. The van der Waals surface area contributed by atoms with E-state index >= 15 is 0 Å². The van der Waals surface area contributed by atoms with Gasteiger partial charge in [-0.2, -0.15) is 0 Å². The van der Waals surface area contributed by atoms with Crippen LogP contribution in [0.15, 0.2) is 48.1 Å². The van der Waals surface area contributed by atoms with Crippen LogP contribution in [0.25, 0.3) is 22.3 Å². The van der Waals surface area contributed by atoms with Crippen LogP contribution in [0.5, 0.6) is 0 Å². The highest BCUT2D eigenvalue weighted by atomic mass is 32.1. The van der Waals surface area contributed by atoms with Crippen molar-refractivity contribution >= 4 is 39.1 Å². The van der Waals surface area contributed by atoms with E-state index < -0.39 is 5.91 Å². The van der Waals surface area contributed by atoms with Crippen LogP contribution in [0.2, 0.25) is 0 Å². The predicted octanol–water partition coefficient (Wildman–Crippen LogP) is 3.85. The van der Waals surface area contributed by atoms with Crippen LogP contribution >= 0.6 is 11.3 Å². The number of aryl methyl sites for hydroxylation is 2. The number of primary amides is 1. The first-order chi connectivity index (χ1) is 12.5. The number of thiazole rings is 1. The highest BCUT2D eigenvalue weighted by Gasteiger charge is 2.10. The summed E-state index contributed by atoms with van der Waals surface area (Å²) in [6.45, 7) is 1.97. The molecule has 2 heterocycles. The molecule has 0 aliphatic carbocycles. The summed E-state index contributed by atoms with van der Waals surface area (Å²) in [5.74, 6) is -0.448. The number of benzene rings is 2. The molecule has 26 heavy (non-hydrogen) atoms. The number of hydrogen-bond acceptors (Lipinski definition) is 5. The second kappa shape index (κ2) is 6.27. The van der Waals surface area contributed by atoms with Crippen LogP contribution < -0.4 is 11.1 Å². The fourth-order valence-corrected chi connectivity index (χ4v) is 3.52. The van der Waals surface area contributed by atoms with Crippen molar-refractivity contribution in [3.05, 3.63) is 59.2 Å². The number of aromatic nitrogens is 3. The number of hydrogen-bond donors (Lipinski definition) is 2. The molecule has 130 valence electrons. The quantitative estimate of drug-likeness (QED) is 0.577. The Morgan fingerprint density at radius 1 is 1.23 bits per heavy atom. The fourth-order valence-electron chi connectivity index (χ4n) is 2.78. The van der Waals surface area contributed by atoms with Crippen molar-refractivity contribution < 1.29 is 4.79 Å². The summed E-state index contributed by atoms with van der Waals surface area (Å²) in [6.07, 6.45) is 1.80. The Bertz CT molecular complexity index is 1130. The molecule has 2 aromatic heterocycles. The number of carbonyl (C=O) groups is 1. The second-order valence-electron chi connectivity index (χ2n) is 6.12. The normalized spacial score (nSPS) is 11.0. The maximum atomic E-state index is 11.4. The first kappa shape index (κ1) is 16.3. The summed E-state index contributed by atoms with van der Waals surface area (Å²) in [4.78, 5) is 20.4. The van der Waals surface area contributed by atoms with E-state index in [0.717, 1.165) is 38.7 Å². The molecule has 6 nitrogen and oxygen atoms in total. The van der Waals surface area contributed by atoms with E-state index in [0.29, 0.717) is 5.56 Å². The van der Waals surface area contributed by atoms with E-state index in [1.807, 2.05) is 48.2 Å². The van der Waals surface area contributed by atoms with Crippen molar-refractivity contribution in [3.63, 3.8) is 0 Å². The van der Waals surface area contributed by atoms with Crippen LogP contribution in [0, 0.1) is 6.92 Å². The lowest BCUT2D eigenvalue weighted by Crippen LogP contribution is -2.11. The summed E-state index contributed by atoms with van der Waals surface area (Å²) >= 11 is 1.51. The molecule has 0 bridgehead atoms. The molecule has 0 radical (unpaired) electrons. The molecule has 0 fully saturated rings. The number of nitrogens with zero attached hydrogens (tertiary/aromatic N) is 3. The summed E-state index contributed by atoms with van der Waals surface area (Å²) in [7, 11) is 1.97. The van der Waals surface area contributed by atoms with Gasteiger partial charge in [0.1, 0.15) is 0 Å². The van der Waals surface area contributed by atoms with Gasteiger partial charge in [0.15, 0.2) is 5.13 Å². The highest BCUT2D eigenvalue weighted by molar-refractivity contribution is 7.14. The topological polar surface area (TPSA) is 85.8 Å². The van der Waals surface area contributed by atoms with Crippen LogP contribution in [-0.4, -0.2) is 20.4 Å². The Kier molecular flexibility index (Phi) is 3.93. The highest BCUT2D eigenvalue weighted by Crippen LogP contribution is 2.30. The smallest absolute Gasteiger partial charge is 0.248 e. The van der Waals surface area contributed by atoms with Crippen LogP contribution in [0.3, 0.4) is 0 Å². The van der Waals surface area contributed by atoms with E-state index in [4.69, 9.17) is 5.73 Å². The molecule has 7 heteroatoms. The number of nitrogens with two attached hydrogens (primary N) is 1. The first-order valence-electron chi connectivity index (χ1n) is 8.06. The SMILES string of the molecule is Cc1ccc(C(N)=O)cc1Nc1nc(-c2ccc3c(c2)ncn3C)cs1. The average molecular weight is 363 g/mol. The average Bonchev–Trinajstić information content (AvgIpc) is 3.23. The minimum absolute atomic E-state index is 0.448. The van der Waals surface area contributed by atoms with Crippen molar-refractivity contribution in [1.82, 2.24) is 14.5 Å². The third-order valence-corrected chi connectivity index (χ3v) is 5.05. The van der Waals surface area contributed by atoms with Gasteiger partial charge >= 0.3 is 0 Å². The largest absolute Gasteiger partial charge is 0.366 e. The summed E-state index contributed by atoms with van der Waals surface area (Å²) in [6, 6.07) is 11.5. The lowest BCUT2D eigenvalue weighted by atomic mass is 10.1. The molecule has 0 spiro atoms. The summed E-state index contributed by atoms with van der Waals surface area (Å²) in [5.41, 5.74) is 11.6. The van der Waals surface area contributed by atoms with E-state index in [-0.39, 0.29) is 0 Å². The minimum Gasteiger partial charge on any atom is -0.366 e. The Balaban J connectivity index is 1.63. The first-order valence-corrected chi connectivity index (χ1v) is 8.94. The van der Waals surface area contributed by atoms with Crippen LogP contribution in [-0.2, 0) is 7.05 Å². The molecular weight excluding hydrogens is 346 g/mol. The Morgan fingerprint density at radius 2 is 2.08 bits per heavy atom. The number of carbonyl (C=O) groups excluding carboxylic acids is 1. The number of fused-ring (bicyclic) bond motifs is 1. The van der Waals surface area contributed by atoms with Gasteiger partial charge in [0.2, 0.25) is 5.91 Å². The zero-order chi connectivity index (χ0) is 18.3. The third kappa shape index (κ3) is 2.93.